The van der Waals surface area contributed by atoms with Crippen molar-refractivity contribution in [3.8, 4) is 5.75 Å². The first-order valence-electron chi connectivity index (χ1n) is 4.57. The number of aromatic hydroxyl groups is 1. The Balaban J connectivity index is 3.01. The maximum atomic E-state index is 9.22. The van der Waals surface area contributed by atoms with E-state index in [1.807, 2.05) is 13.0 Å². The summed E-state index contributed by atoms with van der Waals surface area (Å²) in [5.74, 6) is 0.723. The third-order valence-corrected chi connectivity index (χ3v) is 2.33. The molecule has 0 aliphatic rings. The molecule has 0 saturated carbocycles. The Morgan fingerprint density at radius 3 is 2.38 bits per heavy atom. The second-order valence-corrected chi connectivity index (χ2v) is 3.81. The zero-order valence-electron chi connectivity index (χ0n) is 8.41. The molecule has 3 N–H and O–H groups in total. The first-order chi connectivity index (χ1) is 6.02. The third kappa shape index (κ3) is 2.22. The van der Waals surface area contributed by atoms with Crippen LogP contribution in [0.2, 0.25) is 0 Å². The van der Waals surface area contributed by atoms with Crippen molar-refractivity contribution in [2.24, 2.45) is 11.7 Å². The van der Waals surface area contributed by atoms with Crippen LogP contribution in [0.5, 0.6) is 5.75 Å². The van der Waals surface area contributed by atoms with Gasteiger partial charge in [-0.05, 0) is 36.1 Å². The number of phenols is 1. The highest BCUT2D eigenvalue weighted by molar-refractivity contribution is 5.35. The summed E-state index contributed by atoms with van der Waals surface area (Å²) in [6.07, 6.45) is 0. The molecule has 1 aromatic carbocycles. The molecule has 0 unspecified atom stereocenters. The van der Waals surface area contributed by atoms with Gasteiger partial charge in [0.2, 0.25) is 0 Å². The van der Waals surface area contributed by atoms with Crippen molar-refractivity contribution in [2.45, 2.75) is 26.8 Å². The third-order valence-electron chi connectivity index (χ3n) is 2.33. The van der Waals surface area contributed by atoms with Crippen LogP contribution in [0, 0.1) is 12.8 Å². The summed E-state index contributed by atoms with van der Waals surface area (Å²) in [7, 11) is 0. The number of benzene rings is 1. The predicted octanol–water partition coefficient (Wildman–Crippen LogP) is 2.36. The molecule has 0 fully saturated rings. The van der Waals surface area contributed by atoms with E-state index >= 15 is 0 Å². The van der Waals surface area contributed by atoms with Gasteiger partial charge in [-0.2, -0.15) is 0 Å². The normalized spacial score (nSPS) is 13.3. The molecule has 0 amide bonds. The van der Waals surface area contributed by atoms with E-state index in [1.165, 1.54) is 0 Å². The highest BCUT2D eigenvalue weighted by Gasteiger charge is 2.12. The zero-order chi connectivity index (χ0) is 10.0. The summed E-state index contributed by atoms with van der Waals surface area (Å²) >= 11 is 0. The Labute approximate surface area is 79.4 Å². The van der Waals surface area contributed by atoms with Crippen LogP contribution in [0.25, 0.3) is 0 Å². The summed E-state index contributed by atoms with van der Waals surface area (Å²) in [4.78, 5) is 0. The summed E-state index contributed by atoms with van der Waals surface area (Å²) < 4.78 is 0. The number of rotatable bonds is 2. The maximum absolute atomic E-state index is 9.22. The van der Waals surface area contributed by atoms with Crippen molar-refractivity contribution in [3.63, 3.8) is 0 Å². The molecule has 0 saturated heterocycles. The lowest BCUT2D eigenvalue weighted by Crippen LogP contribution is -2.17. The van der Waals surface area contributed by atoms with Crippen LogP contribution in [0.1, 0.15) is 31.0 Å². The Morgan fingerprint density at radius 2 is 1.92 bits per heavy atom. The van der Waals surface area contributed by atoms with Crippen molar-refractivity contribution >= 4 is 0 Å². The van der Waals surface area contributed by atoms with Crippen LogP contribution in [0.15, 0.2) is 18.2 Å². The van der Waals surface area contributed by atoms with Gasteiger partial charge in [0.25, 0.3) is 0 Å². The van der Waals surface area contributed by atoms with Gasteiger partial charge in [0.1, 0.15) is 5.75 Å². The van der Waals surface area contributed by atoms with Gasteiger partial charge >= 0.3 is 0 Å². The minimum atomic E-state index is 0.0561. The first kappa shape index (κ1) is 10.1. The quantitative estimate of drug-likeness (QED) is 0.732. The summed E-state index contributed by atoms with van der Waals surface area (Å²) in [6.45, 7) is 6.16. The standard InChI is InChI=1S/C11H17NO/c1-7(2)11(12)10-5-4-9(13)6-8(10)3/h4-7,11,13H,12H2,1-3H3/t11-/m0/s1. The lowest BCUT2D eigenvalue weighted by molar-refractivity contribution is 0.472. The van der Waals surface area contributed by atoms with Crippen LogP contribution in [-0.2, 0) is 0 Å². The molecule has 1 aromatic rings. The smallest absolute Gasteiger partial charge is 0.115 e. The van der Waals surface area contributed by atoms with E-state index in [2.05, 4.69) is 13.8 Å². The van der Waals surface area contributed by atoms with E-state index < -0.39 is 0 Å². The Morgan fingerprint density at radius 1 is 1.31 bits per heavy atom. The van der Waals surface area contributed by atoms with Gasteiger partial charge in [-0.1, -0.05) is 19.9 Å². The van der Waals surface area contributed by atoms with Crippen molar-refractivity contribution in [1.29, 1.82) is 0 Å². The molecule has 1 rings (SSSR count). The van der Waals surface area contributed by atoms with E-state index in [-0.39, 0.29) is 6.04 Å². The Bertz CT molecular complexity index is 294. The number of hydrogen-bond donors (Lipinski definition) is 2. The number of nitrogens with two attached hydrogens (primary N) is 1. The topological polar surface area (TPSA) is 46.2 Å². The highest BCUT2D eigenvalue weighted by Crippen LogP contribution is 2.24. The van der Waals surface area contributed by atoms with Crippen molar-refractivity contribution in [1.82, 2.24) is 0 Å². The molecule has 0 aliphatic heterocycles. The van der Waals surface area contributed by atoms with Crippen LogP contribution in [-0.4, -0.2) is 5.11 Å². The molecule has 0 radical (unpaired) electrons. The average Bonchev–Trinajstić information content (AvgIpc) is 2.03. The van der Waals surface area contributed by atoms with E-state index in [0.29, 0.717) is 11.7 Å². The van der Waals surface area contributed by atoms with E-state index in [4.69, 9.17) is 5.73 Å². The summed E-state index contributed by atoms with van der Waals surface area (Å²) in [5.41, 5.74) is 8.18. The number of aryl methyl sites for hydroxylation is 1. The molecule has 72 valence electrons. The fourth-order valence-electron chi connectivity index (χ4n) is 1.39. The van der Waals surface area contributed by atoms with Gasteiger partial charge in [0.05, 0.1) is 0 Å². The van der Waals surface area contributed by atoms with Gasteiger partial charge in [-0.3, -0.25) is 0 Å². The lowest BCUT2D eigenvalue weighted by Gasteiger charge is -2.18. The Kier molecular flexibility index (Phi) is 2.94. The Hall–Kier alpha value is -1.02. The van der Waals surface area contributed by atoms with E-state index in [9.17, 15) is 5.11 Å². The average molecular weight is 179 g/mol. The molecular weight excluding hydrogens is 162 g/mol. The van der Waals surface area contributed by atoms with E-state index in [0.717, 1.165) is 11.1 Å². The van der Waals surface area contributed by atoms with Crippen LogP contribution in [0.4, 0.5) is 0 Å². The molecular formula is C11H17NO. The summed E-state index contributed by atoms with van der Waals surface area (Å²) in [5, 5.41) is 9.22. The SMILES string of the molecule is Cc1cc(O)ccc1[C@@H](N)C(C)C. The zero-order valence-corrected chi connectivity index (χ0v) is 8.41. The minimum absolute atomic E-state index is 0.0561. The number of hydrogen-bond acceptors (Lipinski definition) is 2. The van der Waals surface area contributed by atoms with Gasteiger partial charge in [-0.15, -0.1) is 0 Å². The second-order valence-electron chi connectivity index (χ2n) is 3.81. The fourth-order valence-corrected chi connectivity index (χ4v) is 1.39. The fraction of sp³-hybridized carbons (Fsp3) is 0.455. The van der Waals surface area contributed by atoms with Gasteiger partial charge in [0, 0.05) is 6.04 Å². The van der Waals surface area contributed by atoms with Crippen LogP contribution < -0.4 is 5.73 Å². The second kappa shape index (κ2) is 3.79. The van der Waals surface area contributed by atoms with Crippen LogP contribution in [0.3, 0.4) is 0 Å². The summed E-state index contributed by atoms with van der Waals surface area (Å²) in [6, 6.07) is 5.39. The molecule has 13 heavy (non-hydrogen) atoms. The predicted molar refractivity (Wildman–Crippen MR) is 54.6 cm³/mol. The van der Waals surface area contributed by atoms with Crippen molar-refractivity contribution in [3.05, 3.63) is 29.3 Å². The first-order valence-corrected chi connectivity index (χ1v) is 4.57. The minimum Gasteiger partial charge on any atom is -0.508 e. The molecule has 2 heteroatoms. The van der Waals surface area contributed by atoms with E-state index in [1.54, 1.807) is 12.1 Å². The molecule has 0 heterocycles. The molecule has 0 spiro atoms. The largest absolute Gasteiger partial charge is 0.508 e. The monoisotopic (exact) mass is 179 g/mol. The van der Waals surface area contributed by atoms with Gasteiger partial charge in [-0.25, -0.2) is 0 Å². The molecule has 0 aliphatic carbocycles. The molecule has 0 aromatic heterocycles. The molecule has 2 nitrogen and oxygen atoms in total. The molecule has 0 bridgehead atoms. The van der Waals surface area contributed by atoms with Gasteiger partial charge < -0.3 is 10.8 Å². The van der Waals surface area contributed by atoms with Gasteiger partial charge in [0.15, 0.2) is 0 Å². The maximum Gasteiger partial charge on any atom is 0.115 e. The lowest BCUT2D eigenvalue weighted by atomic mass is 9.93. The van der Waals surface area contributed by atoms with Crippen LogP contribution >= 0.6 is 0 Å². The number of phenolic OH excluding ortho intramolecular Hbond substituents is 1. The molecule has 1 atom stereocenters. The van der Waals surface area contributed by atoms with Crippen molar-refractivity contribution in [2.75, 3.05) is 0 Å². The highest BCUT2D eigenvalue weighted by atomic mass is 16.3. The van der Waals surface area contributed by atoms with Crippen molar-refractivity contribution < 1.29 is 5.11 Å².